The van der Waals surface area contributed by atoms with Crippen LogP contribution in [0.3, 0.4) is 0 Å². The van der Waals surface area contributed by atoms with Gasteiger partial charge in [0.2, 0.25) is 0 Å². The predicted molar refractivity (Wildman–Crippen MR) is 80.3 cm³/mol. The summed E-state index contributed by atoms with van der Waals surface area (Å²) < 4.78 is 4.92. The van der Waals surface area contributed by atoms with E-state index < -0.39 is 0 Å². The van der Waals surface area contributed by atoms with E-state index in [4.69, 9.17) is 4.74 Å². The lowest BCUT2D eigenvalue weighted by Crippen LogP contribution is -2.34. The largest absolute Gasteiger partial charge is 0.468 e. The van der Waals surface area contributed by atoms with E-state index in [2.05, 4.69) is 12.2 Å². The third-order valence-corrected chi connectivity index (χ3v) is 4.32. The number of carbonyl (C=O) groups excluding carboxylic acids is 1. The van der Waals surface area contributed by atoms with Crippen molar-refractivity contribution in [2.45, 2.75) is 38.6 Å². The van der Waals surface area contributed by atoms with Crippen molar-refractivity contribution < 1.29 is 9.53 Å². The molecule has 1 aromatic carbocycles. The van der Waals surface area contributed by atoms with Crippen LogP contribution in [0.2, 0.25) is 0 Å². The first kappa shape index (κ1) is 15.0. The molecule has 1 unspecified atom stereocenters. The van der Waals surface area contributed by atoms with Gasteiger partial charge in [-0.05, 0) is 36.8 Å². The molecule has 0 bridgehead atoms. The fraction of sp³-hybridized carbons (Fsp3) is 0.588. The van der Waals surface area contributed by atoms with Crippen LogP contribution in [0.5, 0.6) is 0 Å². The molecule has 0 radical (unpaired) electrons. The number of rotatable bonds is 5. The average Bonchev–Trinajstić information content (AvgIpc) is 2.50. The first-order chi connectivity index (χ1) is 9.70. The van der Waals surface area contributed by atoms with Gasteiger partial charge in [-0.15, -0.1) is 0 Å². The zero-order chi connectivity index (χ0) is 14.4. The highest BCUT2D eigenvalue weighted by molar-refractivity contribution is 5.77. The van der Waals surface area contributed by atoms with E-state index in [9.17, 15) is 4.79 Å². The van der Waals surface area contributed by atoms with Crippen molar-refractivity contribution in [2.24, 2.45) is 11.8 Å². The smallest absolute Gasteiger partial charge is 0.327 e. The first-order valence-electron chi connectivity index (χ1n) is 7.57. The lowest BCUT2D eigenvalue weighted by Gasteiger charge is -2.28. The molecule has 1 saturated carbocycles. The van der Waals surface area contributed by atoms with Gasteiger partial charge in [-0.1, -0.05) is 50.1 Å². The lowest BCUT2D eigenvalue weighted by molar-refractivity contribution is -0.143. The van der Waals surface area contributed by atoms with E-state index in [-0.39, 0.29) is 12.0 Å². The molecule has 20 heavy (non-hydrogen) atoms. The van der Waals surface area contributed by atoms with Crippen LogP contribution in [-0.4, -0.2) is 19.6 Å². The molecule has 2 rings (SSSR count). The molecule has 1 aliphatic carbocycles. The van der Waals surface area contributed by atoms with E-state index in [1.807, 2.05) is 30.3 Å². The number of ether oxygens (including phenoxy) is 1. The van der Waals surface area contributed by atoms with Crippen molar-refractivity contribution in [1.29, 1.82) is 0 Å². The zero-order valence-electron chi connectivity index (χ0n) is 12.5. The molecule has 1 atom stereocenters. The molecule has 3 heteroatoms. The van der Waals surface area contributed by atoms with Crippen LogP contribution in [0, 0.1) is 11.8 Å². The van der Waals surface area contributed by atoms with Crippen molar-refractivity contribution in [2.75, 3.05) is 13.7 Å². The Labute approximate surface area is 121 Å². The average molecular weight is 275 g/mol. The standard InChI is InChI=1S/C17H25NO2/c1-13-8-10-14(11-9-13)12-18-16(17(19)20-2)15-6-4-3-5-7-15/h3-7,13-14,16,18H,8-12H2,1-2H3. The van der Waals surface area contributed by atoms with E-state index in [0.29, 0.717) is 5.92 Å². The Morgan fingerprint density at radius 1 is 1.25 bits per heavy atom. The van der Waals surface area contributed by atoms with Gasteiger partial charge in [-0.2, -0.15) is 0 Å². The molecule has 110 valence electrons. The Hall–Kier alpha value is -1.35. The molecule has 3 nitrogen and oxygen atoms in total. The van der Waals surface area contributed by atoms with Gasteiger partial charge < -0.3 is 10.1 Å². The van der Waals surface area contributed by atoms with Gasteiger partial charge in [0.05, 0.1) is 7.11 Å². The van der Waals surface area contributed by atoms with Gasteiger partial charge in [0.15, 0.2) is 0 Å². The van der Waals surface area contributed by atoms with Crippen LogP contribution in [0.15, 0.2) is 30.3 Å². The topological polar surface area (TPSA) is 38.3 Å². The van der Waals surface area contributed by atoms with Crippen molar-refractivity contribution in [3.05, 3.63) is 35.9 Å². The highest BCUT2D eigenvalue weighted by Gasteiger charge is 2.24. The second-order valence-corrected chi connectivity index (χ2v) is 5.90. The van der Waals surface area contributed by atoms with Crippen LogP contribution >= 0.6 is 0 Å². The quantitative estimate of drug-likeness (QED) is 0.838. The van der Waals surface area contributed by atoms with Crippen LogP contribution in [0.1, 0.15) is 44.2 Å². The molecule has 0 aliphatic heterocycles. The number of benzene rings is 1. The minimum atomic E-state index is -0.347. The minimum Gasteiger partial charge on any atom is -0.468 e. The van der Waals surface area contributed by atoms with E-state index >= 15 is 0 Å². The molecule has 0 heterocycles. The molecule has 0 aromatic heterocycles. The maximum Gasteiger partial charge on any atom is 0.327 e. The third kappa shape index (κ3) is 4.07. The summed E-state index contributed by atoms with van der Waals surface area (Å²) in [5, 5.41) is 3.40. The summed E-state index contributed by atoms with van der Waals surface area (Å²) in [5.74, 6) is 1.33. The summed E-state index contributed by atoms with van der Waals surface area (Å²) in [5.41, 5.74) is 0.975. The molecule has 1 aliphatic rings. The van der Waals surface area contributed by atoms with Crippen molar-refractivity contribution in [1.82, 2.24) is 5.32 Å². The Bertz CT molecular complexity index is 410. The fourth-order valence-corrected chi connectivity index (χ4v) is 2.92. The zero-order valence-corrected chi connectivity index (χ0v) is 12.5. The van der Waals surface area contributed by atoms with Gasteiger partial charge in [0, 0.05) is 0 Å². The Balaban J connectivity index is 1.93. The van der Waals surface area contributed by atoms with E-state index in [1.165, 1.54) is 32.8 Å². The summed E-state index contributed by atoms with van der Waals surface area (Å²) in [7, 11) is 1.45. The maximum absolute atomic E-state index is 12.0. The second-order valence-electron chi connectivity index (χ2n) is 5.90. The fourth-order valence-electron chi connectivity index (χ4n) is 2.92. The number of esters is 1. The number of hydrogen-bond acceptors (Lipinski definition) is 3. The Kier molecular flexibility index (Phi) is 5.60. The SMILES string of the molecule is COC(=O)C(NCC1CCC(C)CC1)c1ccccc1. The van der Waals surface area contributed by atoms with Crippen molar-refractivity contribution >= 4 is 5.97 Å². The van der Waals surface area contributed by atoms with Crippen LogP contribution in [0.4, 0.5) is 0 Å². The van der Waals surface area contributed by atoms with Crippen LogP contribution < -0.4 is 5.32 Å². The molecule has 0 spiro atoms. The summed E-state index contributed by atoms with van der Waals surface area (Å²) in [6.07, 6.45) is 5.13. The van der Waals surface area contributed by atoms with E-state index in [1.54, 1.807) is 0 Å². The van der Waals surface area contributed by atoms with Crippen LogP contribution in [0.25, 0.3) is 0 Å². The molecule has 1 fully saturated rings. The number of carbonyl (C=O) groups is 1. The first-order valence-corrected chi connectivity index (χ1v) is 7.57. The van der Waals surface area contributed by atoms with Gasteiger partial charge in [-0.25, -0.2) is 4.79 Å². The molecule has 0 amide bonds. The number of nitrogens with one attached hydrogen (secondary N) is 1. The third-order valence-electron chi connectivity index (χ3n) is 4.32. The number of hydrogen-bond donors (Lipinski definition) is 1. The molecule has 1 aromatic rings. The van der Waals surface area contributed by atoms with Crippen molar-refractivity contribution in [3.8, 4) is 0 Å². The van der Waals surface area contributed by atoms with Gasteiger partial charge in [-0.3, -0.25) is 0 Å². The van der Waals surface area contributed by atoms with Gasteiger partial charge in [0.1, 0.15) is 6.04 Å². The highest BCUT2D eigenvalue weighted by atomic mass is 16.5. The second kappa shape index (κ2) is 7.44. The summed E-state index contributed by atoms with van der Waals surface area (Å²) in [4.78, 5) is 12.0. The van der Waals surface area contributed by atoms with Gasteiger partial charge in [0.25, 0.3) is 0 Å². The number of methoxy groups -OCH3 is 1. The van der Waals surface area contributed by atoms with Crippen LogP contribution in [-0.2, 0) is 9.53 Å². The predicted octanol–water partition coefficient (Wildman–Crippen LogP) is 3.32. The van der Waals surface area contributed by atoms with Gasteiger partial charge >= 0.3 is 5.97 Å². The summed E-state index contributed by atoms with van der Waals surface area (Å²) in [6.45, 7) is 3.21. The minimum absolute atomic E-state index is 0.208. The lowest BCUT2D eigenvalue weighted by atomic mass is 9.83. The van der Waals surface area contributed by atoms with E-state index in [0.717, 1.165) is 18.0 Å². The Morgan fingerprint density at radius 3 is 2.50 bits per heavy atom. The maximum atomic E-state index is 12.0. The summed E-state index contributed by atoms with van der Waals surface area (Å²) in [6, 6.07) is 9.46. The molecule has 0 saturated heterocycles. The highest BCUT2D eigenvalue weighted by Crippen LogP contribution is 2.28. The summed E-state index contributed by atoms with van der Waals surface area (Å²) >= 11 is 0. The normalized spacial score (nSPS) is 24.1. The Morgan fingerprint density at radius 2 is 1.90 bits per heavy atom. The van der Waals surface area contributed by atoms with Crippen molar-refractivity contribution in [3.63, 3.8) is 0 Å². The monoisotopic (exact) mass is 275 g/mol. The molecular formula is C17H25NO2. The molecular weight excluding hydrogens is 250 g/mol. The molecule has 1 N–H and O–H groups in total.